The van der Waals surface area contributed by atoms with E-state index in [0.29, 0.717) is 6.04 Å². The van der Waals surface area contributed by atoms with Crippen LogP contribution in [0, 0.1) is 6.92 Å². The van der Waals surface area contributed by atoms with Crippen LogP contribution in [0.1, 0.15) is 44.8 Å². The molecule has 102 valence electrons. The Morgan fingerprint density at radius 1 is 1.33 bits per heavy atom. The van der Waals surface area contributed by atoms with Gasteiger partial charge in [-0.2, -0.15) is 0 Å². The molecule has 0 radical (unpaired) electrons. The van der Waals surface area contributed by atoms with Crippen molar-refractivity contribution in [3.8, 4) is 0 Å². The van der Waals surface area contributed by atoms with E-state index < -0.39 is 0 Å². The molecule has 0 unspecified atom stereocenters. The molecule has 0 bridgehead atoms. The van der Waals surface area contributed by atoms with Crippen LogP contribution in [0.25, 0.3) is 0 Å². The topological polar surface area (TPSA) is 33.1 Å². The third kappa shape index (κ3) is 3.48. The lowest BCUT2D eigenvalue weighted by Gasteiger charge is -2.16. The van der Waals surface area contributed by atoms with E-state index in [2.05, 4.69) is 39.8 Å². The molecule has 1 fully saturated rings. The van der Waals surface area contributed by atoms with Gasteiger partial charge in [-0.1, -0.05) is 0 Å². The van der Waals surface area contributed by atoms with Crippen molar-refractivity contribution < 1.29 is 0 Å². The molecule has 4 heteroatoms. The van der Waals surface area contributed by atoms with Gasteiger partial charge in [-0.05, 0) is 59.7 Å². The fourth-order valence-corrected chi connectivity index (χ4v) is 2.55. The van der Waals surface area contributed by atoms with Crippen LogP contribution in [0.2, 0.25) is 0 Å². The summed E-state index contributed by atoms with van der Waals surface area (Å²) in [5.74, 6) is 1.02. The molecule has 1 aliphatic heterocycles. The zero-order chi connectivity index (χ0) is 13.0. The molecule has 0 atom stereocenters. The Kier molecular flexibility index (Phi) is 4.64. The fraction of sp³-hybridized carbons (Fsp3) is 0.786. The van der Waals surface area contributed by atoms with Crippen molar-refractivity contribution in [3.63, 3.8) is 0 Å². The smallest absolute Gasteiger partial charge is 0.203 e. The maximum Gasteiger partial charge on any atom is 0.203 e. The predicted octanol–water partition coefficient (Wildman–Crippen LogP) is 2.67. The van der Waals surface area contributed by atoms with Crippen LogP contribution in [0.5, 0.6) is 0 Å². The van der Waals surface area contributed by atoms with Gasteiger partial charge in [-0.15, -0.1) is 0 Å². The van der Waals surface area contributed by atoms with Gasteiger partial charge >= 0.3 is 0 Å². The second-order valence-corrected chi connectivity index (χ2v) is 5.54. The highest BCUT2D eigenvalue weighted by atomic mass is 15.2. The van der Waals surface area contributed by atoms with Gasteiger partial charge < -0.3 is 14.8 Å². The van der Waals surface area contributed by atoms with Gasteiger partial charge in [0.15, 0.2) is 0 Å². The van der Waals surface area contributed by atoms with Gasteiger partial charge in [0.05, 0.1) is 5.69 Å². The van der Waals surface area contributed by atoms with E-state index in [0.717, 1.165) is 18.2 Å². The zero-order valence-electron chi connectivity index (χ0n) is 11.9. The van der Waals surface area contributed by atoms with E-state index in [-0.39, 0.29) is 0 Å². The second-order valence-electron chi connectivity index (χ2n) is 5.54. The Balaban J connectivity index is 1.75. The molecule has 1 aliphatic rings. The number of rotatable bonds is 6. The first-order valence-corrected chi connectivity index (χ1v) is 7.18. The molecule has 1 N–H and O–H groups in total. The summed E-state index contributed by atoms with van der Waals surface area (Å²) in [6, 6.07) is 0.465. The Hall–Kier alpha value is -1.03. The summed E-state index contributed by atoms with van der Waals surface area (Å²) in [5.41, 5.74) is 1.09. The van der Waals surface area contributed by atoms with E-state index in [1.807, 2.05) is 6.92 Å². The summed E-state index contributed by atoms with van der Waals surface area (Å²) in [5, 5.41) is 3.46. The van der Waals surface area contributed by atoms with Gasteiger partial charge in [0, 0.05) is 18.8 Å². The quantitative estimate of drug-likeness (QED) is 0.788. The number of nitrogens with one attached hydrogen (secondary N) is 1. The Labute approximate surface area is 110 Å². The maximum absolute atomic E-state index is 4.54. The molecule has 0 amide bonds. The Morgan fingerprint density at radius 2 is 2.06 bits per heavy atom. The van der Waals surface area contributed by atoms with Crippen molar-refractivity contribution in [1.29, 1.82) is 0 Å². The molecule has 1 saturated heterocycles. The summed E-state index contributed by atoms with van der Waals surface area (Å²) < 4.78 is 2.21. The van der Waals surface area contributed by atoms with Crippen LogP contribution in [0.4, 0.5) is 5.95 Å². The lowest BCUT2D eigenvalue weighted by atomic mass is 10.4. The van der Waals surface area contributed by atoms with Crippen molar-refractivity contribution in [2.24, 2.45) is 0 Å². The summed E-state index contributed by atoms with van der Waals surface area (Å²) in [6.45, 7) is 11.2. The van der Waals surface area contributed by atoms with Gasteiger partial charge in [-0.25, -0.2) is 4.98 Å². The van der Waals surface area contributed by atoms with Crippen LogP contribution in [-0.2, 0) is 0 Å². The molecule has 2 heterocycles. The molecule has 2 rings (SSSR count). The molecule has 0 saturated carbocycles. The number of aryl methyl sites for hydroxylation is 1. The third-order valence-corrected chi connectivity index (χ3v) is 3.54. The number of likely N-dealkylation sites (tertiary alicyclic amines) is 1. The molecular weight excluding hydrogens is 224 g/mol. The van der Waals surface area contributed by atoms with Crippen LogP contribution in [0.15, 0.2) is 6.20 Å². The van der Waals surface area contributed by atoms with Gasteiger partial charge in [0.2, 0.25) is 5.95 Å². The molecule has 0 aromatic carbocycles. The average Bonchev–Trinajstić information content (AvgIpc) is 2.93. The van der Waals surface area contributed by atoms with Gasteiger partial charge in [-0.3, -0.25) is 0 Å². The fourth-order valence-electron chi connectivity index (χ4n) is 2.55. The van der Waals surface area contributed by atoms with Crippen LogP contribution in [0.3, 0.4) is 0 Å². The van der Waals surface area contributed by atoms with E-state index in [4.69, 9.17) is 0 Å². The van der Waals surface area contributed by atoms with Crippen molar-refractivity contribution in [1.82, 2.24) is 14.5 Å². The number of anilines is 1. The minimum Gasteiger partial charge on any atom is -0.356 e. The minimum absolute atomic E-state index is 0.465. The van der Waals surface area contributed by atoms with E-state index in [9.17, 15) is 0 Å². The van der Waals surface area contributed by atoms with Crippen molar-refractivity contribution in [2.45, 2.75) is 46.1 Å². The first kappa shape index (κ1) is 13.4. The number of aromatic nitrogens is 2. The Morgan fingerprint density at radius 3 is 2.72 bits per heavy atom. The summed E-state index contributed by atoms with van der Waals surface area (Å²) in [4.78, 5) is 7.10. The molecule has 0 spiro atoms. The van der Waals surface area contributed by atoms with Crippen molar-refractivity contribution in [3.05, 3.63) is 11.9 Å². The molecule has 1 aromatic rings. The molecule has 18 heavy (non-hydrogen) atoms. The summed E-state index contributed by atoms with van der Waals surface area (Å²) >= 11 is 0. The number of hydrogen-bond donors (Lipinski definition) is 1. The second kappa shape index (κ2) is 6.23. The third-order valence-electron chi connectivity index (χ3n) is 3.54. The zero-order valence-corrected chi connectivity index (χ0v) is 11.9. The highest BCUT2D eigenvalue weighted by Crippen LogP contribution is 2.15. The van der Waals surface area contributed by atoms with Gasteiger partial charge in [0.25, 0.3) is 0 Å². The molecule has 0 aliphatic carbocycles. The summed E-state index contributed by atoms with van der Waals surface area (Å²) in [6.07, 6.45) is 6.08. The first-order chi connectivity index (χ1) is 8.66. The standard InChI is InChI=1S/C14H26N4/c1-12(2)18-11-13(3)16-14(18)15-7-6-10-17-8-4-5-9-17/h11-12H,4-10H2,1-3H3,(H,15,16). The average molecular weight is 250 g/mol. The normalized spacial score (nSPS) is 16.7. The monoisotopic (exact) mass is 250 g/mol. The lowest BCUT2D eigenvalue weighted by Crippen LogP contribution is -2.22. The largest absolute Gasteiger partial charge is 0.356 e. The lowest BCUT2D eigenvalue weighted by molar-refractivity contribution is 0.337. The molecular formula is C14H26N4. The number of nitrogens with zero attached hydrogens (tertiary/aromatic N) is 3. The highest BCUT2D eigenvalue weighted by molar-refractivity contribution is 5.29. The van der Waals surface area contributed by atoms with Crippen LogP contribution < -0.4 is 5.32 Å². The minimum atomic E-state index is 0.465. The van der Waals surface area contributed by atoms with E-state index >= 15 is 0 Å². The maximum atomic E-state index is 4.54. The van der Waals surface area contributed by atoms with E-state index in [1.165, 1.54) is 38.9 Å². The SMILES string of the molecule is Cc1cn(C(C)C)c(NCCCN2CCCC2)n1. The molecule has 1 aromatic heterocycles. The Bertz CT molecular complexity index is 364. The van der Waals surface area contributed by atoms with Gasteiger partial charge in [0.1, 0.15) is 0 Å². The van der Waals surface area contributed by atoms with E-state index in [1.54, 1.807) is 0 Å². The summed E-state index contributed by atoms with van der Waals surface area (Å²) in [7, 11) is 0. The van der Waals surface area contributed by atoms with Crippen molar-refractivity contribution in [2.75, 3.05) is 31.5 Å². The highest BCUT2D eigenvalue weighted by Gasteiger charge is 2.11. The number of imidazole rings is 1. The number of hydrogen-bond acceptors (Lipinski definition) is 3. The van der Waals surface area contributed by atoms with Crippen LogP contribution in [-0.4, -0.2) is 40.6 Å². The van der Waals surface area contributed by atoms with Crippen LogP contribution >= 0.6 is 0 Å². The molecule has 4 nitrogen and oxygen atoms in total. The van der Waals surface area contributed by atoms with Crippen molar-refractivity contribution >= 4 is 5.95 Å². The predicted molar refractivity (Wildman–Crippen MR) is 76.1 cm³/mol. The first-order valence-electron chi connectivity index (χ1n) is 7.18.